The second kappa shape index (κ2) is 7.87. The van der Waals surface area contributed by atoms with Crippen molar-refractivity contribution in [3.63, 3.8) is 0 Å². The van der Waals surface area contributed by atoms with Crippen LogP contribution in [0.3, 0.4) is 0 Å². The average molecular weight is 304 g/mol. The zero-order valence-electron chi connectivity index (χ0n) is 12.1. The van der Waals surface area contributed by atoms with E-state index < -0.39 is 11.8 Å². The number of anilines is 1. The summed E-state index contributed by atoms with van der Waals surface area (Å²) < 4.78 is 24.2. The summed E-state index contributed by atoms with van der Waals surface area (Å²) in [6, 6.07) is 12.5. The zero-order valence-corrected chi connectivity index (χ0v) is 12.1. The molecule has 0 atom stereocenters. The molecule has 0 aliphatic carbocycles. The molecule has 0 heterocycles. The number of halogens is 1. The van der Waals surface area contributed by atoms with Crippen molar-refractivity contribution < 1.29 is 18.7 Å². The molecule has 2 aromatic carbocycles. The molecule has 5 nitrogen and oxygen atoms in total. The van der Waals surface area contributed by atoms with E-state index >= 15 is 0 Å². The standard InChI is InChI=1S/C16H17FN2O3/c1-2-21-14-9-5-6-10-15(14)22-11-18-16(20)19-13-8-4-3-7-12(13)17/h3-10H,2,11H2,1H3,(H2,18,19,20). The number of amides is 2. The minimum atomic E-state index is -0.556. The Balaban J connectivity index is 1.84. The lowest BCUT2D eigenvalue weighted by Gasteiger charge is -2.12. The first-order valence-electron chi connectivity index (χ1n) is 6.84. The van der Waals surface area contributed by atoms with Crippen molar-refractivity contribution in [2.75, 3.05) is 18.7 Å². The quantitative estimate of drug-likeness (QED) is 0.804. The third-order valence-corrected chi connectivity index (χ3v) is 2.73. The topological polar surface area (TPSA) is 59.6 Å². The van der Waals surface area contributed by atoms with Crippen LogP contribution in [0.1, 0.15) is 6.92 Å². The van der Waals surface area contributed by atoms with Crippen LogP contribution in [0.4, 0.5) is 14.9 Å². The third-order valence-electron chi connectivity index (χ3n) is 2.73. The van der Waals surface area contributed by atoms with Crippen LogP contribution in [-0.2, 0) is 0 Å². The second-order valence-corrected chi connectivity index (χ2v) is 4.28. The SMILES string of the molecule is CCOc1ccccc1OCNC(=O)Nc1ccccc1F. The van der Waals surface area contributed by atoms with Gasteiger partial charge >= 0.3 is 6.03 Å². The molecule has 0 radical (unpaired) electrons. The summed E-state index contributed by atoms with van der Waals surface area (Å²) in [7, 11) is 0. The van der Waals surface area contributed by atoms with Crippen molar-refractivity contribution in [1.82, 2.24) is 5.32 Å². The van der Waals surface area contributed by atoms with E-state index in [0.29, 0.717) is 18.1 Å². The van der Waals surface area contributed by atoms with Crippen molar-refractivity contribution in [2.24, 2.45) is 0 Å². The largest absolute Gasteiger partial charge is 0.490 e. The summed E-state index contributed by atoms with van der Waals surface area (Å²) in [6.07, 6.45) is 0. The van der Waals surface area contributed by atoms with Crippen LogP contribution >= 0.6 is 0 Å². The number of para-hydroxylation sites is 3. The van der Waals surface area contributed by atoms with Crippen LogP contribution < -0.4 is 20.1 Å². The van der Waals surface area contributed by atoms with Gasteiger partial charge in [0.05, 0.1) is 12.3 Å². The lowest BCUT2D eigenvalue weighted by Crippen LogP contribution is -2.32. The summed E-state index contributed by atoms with van der Waals surface area (Å²) in [4.78, 5) is 11.7. The fourth-order valence-corrected chi connectivity index (χ4v) is 1.75. The molecular weight excluding hydrogens is 287 g/mol. The molecule has 0 bridgehead atoms. The van der Waals surface area contributed by atoms with E-state index in [1.807, 2.05) is 13.0 Å². The van der Waals surface area contributed by atoms with Gasteiger partial charge in [-0.2, -0.15) is 0 Å². The summed E-state index contributed by atoms with van der Waals surface area (Å²) in [5, 5.41) is 4.88. The first-order chi connectivity index (χ1) is 10.7. The fourth-order valence-electron chi connectivity index (χ4n) is 1.75. The van der Waals surface area contributed by atoms with Crippen LogP contribution in [0.15, 0.2) is 48.5 Å². The molecule has 2 amide bonds. The highest BCUT2D eigenvalue weighted by molar-refractivity contribution is 5.89. The molecule has 0 aliphatic rings. The lowest BCUT2D eigenvalue weighted by molar-refractivity contribution is 0.229. The Hall–Kier alpha value is -2.76. The highest BCUT2D eigenvalue weighted by Crippen LogP contribution is 2.25. The summed E-state index contributed by atoms with van der Waals surface area (Å²) in [5.41, 5.74) is 0.106. The van der Waals surface area contributed by atoms with Gasteiger partial charge in [0.15, 0.2) is 18.2 Å². The predicted molar refractivity (Wildman–Crippen MR) is 81.7 cm³/mol. The molecular formula is C16H17FN2O3. The number of hydrogen-bond acceptors (Lipinski definition) is 3. The minimum Gasteiger partial charge on any atom is -0.490 e. The van der Waals surface area contributed by atoms with Gasteiger partial charge in [0.2, 0.25) is 0 Å². The number of rotatable bonds is 6. The smallest absolute Gasteiger partial charge is 0.321 e. The van der Waals surface area contributed by atoms with Crippen molar-refractivity contribution in [2.45, 2.75) is 6.92 Å². The predicted octanol–water partition coefficient (Wildman–Crippen LogP) is 3.38. The normalized spacial score (nSPS) is 9.91. The highest BCUT2D eigenvalue weighted by Gasteiger charge is 2.07. The lowest BCUT2D eigenvalue weighted by atomic mass is 10.3. The van der Waals surface area contributed by atoms with Gasteiger partial charge in [-0.15, -0.1) is 0 Å². The molecule has 0 fully saturated rings. The number of carbonyl (C=O) groups excluding carboxylic acids is 1. The maximum absolute atomic E-state index is 13.4. The number of urea groups is 1. The first-order valence-corrected chi connectivity index (χ1v) is 6.84. The number of ether oxygens (including phenoxy) is 2. The fraction of sp³-hybridized carbons (Fsp3) is 0.188. The Morgan fingerprint density at radius 1 is 1.05 bits per heavy atom. The van der Waals surface area contributed by atoms with Crippen molar-refractivity contribution in [1.29, 1.82) is 0 Å². The first kappa shape index (κ1) is 15.6. The van der Waals surface area contributed by atoms with E-state index in [2.05, 4.69) is 10.6 Å². The molecule has 0 saturated carbocycles. The van der Waals surface area contributed by atoms with Crippen molar-refractivity contribution in [3.8, 4) is 11.5 Å². The molecule has 0 saturated heterocycles. The van der Waals surface area contributed by atoms with Gasteiger partial charge in [-0.1, -0.05) is 24.3 Å². The number of hydrogen-bond donors (Lipinski definition) is 2. The second-order valence-electron chi connectivity index (χ2n) is 4.28. The van der Waals surface area contributed by atoms with E-state index in [4.69, 9.17) is 9.47 Å². The Kier molecular flexibility index (Phi) is 5.59. The zero-order chi connectivity index (χ0) is 15.8. The number of carbonyl (C=O) groups is 1. The maximum Gasteiger partial charge on any atom is 0.321 e. The molecule has 2 aromatic rings. The summed E-state index contributed by atoms with van der Waals surface area (Å²) >= 11 is 0. The minimum absolute atomic E-state index is 0.0651. The highest BCUT2D eigenvalue weighted by atomic mass is 19.1. The third kappa shape index (κ3) is 4.37. The van der Waals surface area contributed by atoms with Gasteiger partial charge in [0.25, 0.3) is 0 Å². The van der Waals surface area contributed by atoms with Crippen molar-refractivity contribution in [3.05, 3.63) is 54.3 Å². The Morgan fingerprint density at radius 3 is 2.36 bits per heavy atom. The molecule has 2 N–H and O–H groups in total. The Labute approximate surface area is 128 Å². The molecule has 0 aliphatic heterocycles. The number of nitrogens with one attached hydrogen (secondary N) is 2. The van der Waals surface area contributed by atoms with E-state index in [1.165, 1.54) is 12.1 Å². The molecule has 2 rings (SSSR count). The molecule has 22 heavy (non-hydrogen) atoms. The van der Waals surface area contributed by atoms with Crippen LogP contribution in [0.5, 0.6) is 11.5 Å². The molecule has 116 valence electrons. The summed E-state index contributed by atoms with van der Waals surface area (Å²) in [5.74, 6) is 0.622. The van der Waals surface area contributed by atoms with E-state index in [9.17, 15) is 9.18 Å². The van der Waals surface area contributed by atoms with Crippen LogP contribution in [0, 0.1) is 5.82 Å². The molecule has 0 aromatic heterocycles. The van der Waals surface area contributed by atoms with Gasteiger partial charge in [0, 0.05) is 0 Å². The van der Waals surface area contributed by atoms with Gasteiger partial charge in [-0.05, 0) is 31.2 Å². The average Bonchev–Trinajstić information content (AvgIpc) is 2.51. The number of benzene rings is 2. The van der Waals surface area contributed by atoms with E-state index in [-0.39, 0.29) is 12.4 Å². The van der Waals surface area contributed by atoms with Gasteiger partial charge in [-0.25, -0.2) is 9.18 Å². The van der Waals surface area contributed by atoms with Crippen LogP contribution in [0.25, 0.3) is 0 Å². The molecule has 0 unspecified atom stereocenters. The Bertz CT molecular complexity index is 634. The van der Waals surface area contributed by atoms with Crippen LogP contribution in [-0.4, -0.2) is 19.4 Å². The molecule has 0 spiro atoms. The van der Waals surface area contributed by atoms with E-state index in [1.54, 1.807) is 30.3 Å². The van der Waals surface area contributed by atoms with Gasteiger partial charge < -0.3 is 20.1 Å². The monoisotopic (exact) mass is 304 g/mol. The Morgan fingerprint density at radius 2 is 1.68 bits per heavy atom. The summed E-state index contributed by atoms with van der Waals surface area (Å²) in [6.45, 7) is 2.32. The van der Waals surface area contributed by atoms with E-state index in [0.717, 1.165) is 0 Å². The molecule has 6 heteroatoms. The van der Waals surface area contributed by atoms with Crippen molar-refractivity contribution >= 4 is 11.7 Å². The van der Waals surface area contributed by atoms with Gasteiger partial charge in [-0.3, -0.25) is 0 Å². The van der Waals surface area contributed by atoms with Crippen LogP contribution in [0.2, 0.25) is 0 Å². The van der Waals surface area contributed by atoms with Gasteiger partial charge in [0.1, 0.15) is 5.82 Å². The maximum atomic E-state index is 13.4.